The maximum atomic E-state index is 5.48. The van der Waals surface area contributed by atoms with E-state index < -0.39 is 0 Å². The predicted molar refractivity (Wildman–Crippen MR) is 76.4 cm³/mol. The minimum atomic E-state index is 0.226. The Morgan fingerprint density at radius 1 is 1.15 bits per heavy atom. The molecule has 0 bridgehead atoms. The second kappa shape index (κ2) is 5.49. The number of nitrogens with zero attached hydrogens (tertiary/aromatic N) is 2. The highest BCUT2D eigenvalue weighted by atomic mass is 16.5. The number of benzene rings is 1. The molecule has 0 saturated carbocycles. The van der Waals surface area contributed by atoms with E-state index in [9.17, 15) is 0 Å². The summed E-state index contributed by atoms with van der Waals surface area (Å²) < 4.78 is 10.7. The van der Waals surface area contributed by atoms with Crippen molar-refractivity contribution in [3.05, 3.63) is 47.4 Å². The van der Waals surface area contributed by atoms with Gasteiger partial charge < -0.3 is 9.47 Å². The standard InChI is InChI=1S/C16H18N2O2/c1-19-14-8-4-5-11-12(14)6-3-7-13(11)16-17-10-9-15(18-16)20-2/h4-5,8-10,13H,3,6-7H2,1-2H3. The molecule has 2 aromatic rings. The molecule has 0 spiro atoms. The molecule has 0 radical (unpaired) electrons. The molecule has 0 saturated heterocycles. The lowest BCUT2D eigenvalue weighted by molar-refractivity contribution is 0.391. The maximum absolute atomic E-state index is 5.48. The smallest absolute Gasteiger partial charge is 0.216 e. The molecule has 4 heteroatoms. The van der Waals surface area contributed by atoms with E-state index in [-0.39, 0.29) is 5.92 Å². The van der Waals surface area contributed by atoms with Crippen molar-refractivity contribution in [2.24, 2.45) is 0 Å². The summed E-state index contributed by atoms with van der Waals surface area (Å²) in [4.78, 5) is 8.93. The Bertz CT molecular complexity index is 613. The summed E-state index contributed by atoms with van der Waals surface area (Å²) in [7, 11) is 3.35. The number of methoxy groups -OCH3 is 2. The van der Waals surface area contributed by atoms with Crippen molar-refractivity contribution < 1.29 is 9.47 Å². The average Bonchev–Trinajstić information content (AvgIpc) is 2.53. The Kier molecular flexibility index (Phi) is 3.54. The van der Waals surface area contributed by atoms with E-state index in [1.54, 1.807) is 26.5 Å². The Labute approximate surface area is 118 Å². The molecular formula is C16H18N2O2. The number of ether oxygens (including phenoxy) is 2. The Morgan fingerprint density at radius 3 is 2.85 bits per heavy atom. The van der Waals surface area contributed by atoms with Crippen LogP contribution in [0.25, 0.3) is 0 Å². The molecule has 20 heavy (non-hydrogen) atoms. The first kappa shape index (κ1) is 12.9. The number of rotatable bonds is 3. The highest BCUT2D eigenvalue weighted by molar-refractivity contribution is 5.45. The third-order valence-electron chi connectivity index (χ3n) is 3.85. The average molecular weight is 270 g/mol. The quantitative estimate of drug-likeness (QED) is 0.860. The molecule has 1 atom stereocenters. The van der Waals surface area contributed by atoms with E-state index in [2.05, 4.69) is 16.0 Å². The van der Waals surface area contributed by atoms with Crippen LogP contribution in [-0.2, 0) is 6.42 Å². The van der Waals surface area contributed by atoms with Crippen LogP contribution in [0.5, 0.6) is 11.6 Å². The first-order valence-electron chi connectivity index (χ1n) is 6.86. The summed E-state index contributed by atoms with van der Waals surface area (Å²) >= 11 is 0. The van der Waals surface area contributed by atoms with Crippen molar-refractivity contribution in [3.8, 4) is 11.6 Å². The third-order valence-corrected chi connectivity index (χ3v) is 3.85. The van der Waals surface area contributed by atoms with Gasteiger partial charge in [0.1, 0.15) is 11.6 Å². The summed E-state index contributed by atoms with van der Waals surface area (Å²) in [5.41, 5.74) is 2.57. The molecule has 0 fully saturated rings. The fraction of sp³-hybridized carbons (Fsp3) is 0.375. The molecule has 1 aliphatic carbocycles. The van der Waals surface area contributed by atoms with Crippen LogP contribution in [0.1, 0.15) is 35.7 Å². The van der Waals surface area contributed by atoms with Gasteiger partial charge in [-0.3, -0.25) is 0 Å². The van der Waals surface area contributed by atoms with E-state index >= 15 is 0 Å². The Hall–Kier alpha value is -2.10. The molecular weight excluding hydrogens is 252 g/mol. The maximum Gasteiger partial charge on any atom is 0.216 e. The lowest BCUT2D eigenvalue weighted by atomic mass is 9.82. The molecule has 1 aromatic heterocycles. The van der Waals surface area contributed by atoms with Crippen LogP contribution in [0.3, 0.4) is 0 Å². The van der Waals surface area contributed by atoms with Gasteiger partial charge in [-0.2, -0.15) is 4.98 Å². The second-order valence-corrected chi connectivity index (χ2v) is 4.93. The largest absolute Gasteiger partial charge is 0.496 e. The van der Waals surface area contributed by atoms with Crippen molar-refractivity contribution in [1.82, 2.24) is 9.97 Å². The van der Waals surface area contributed by atoms with Gasteiger partial charge in [-0.25, -0.2) is 4.98 Å². The summed E-state index contributed by atoms with van der Waals surface area (Å²) in [6.45, 7) is 0. The topological polar surface area (TPSA) is 44.2 Å². The van der Waals surface area contributed by atoms with E-state index in [4.69, 9.17) is 9.47 Å². The van der Waals surface area contributed by atoms with E-state index in [0.29, 0.717) is 5.88 Å². The van der Waals surface area contributed by atoms with Crippen molar-refractivity contribution >= 4 is 0 Å². The predicted octanol–water partition coefficient (Wildman–Crippen LogP) is 2.96. The van der Waals surface area contributed by atoms with Gasteiger partial charge in [-0.15, -0.1) is 0 Å². The molecule has 1 unspecified atom stereocenters. The van der Waals surface area contributed by atoms with Gasteiger partial charge in [0.2, 0.25) is 5.88 Å². The molecule has 104 valence electrons. The van der Waals surface area contributed by atoms with E-state index in [1.807, 2.05) is 12.1 Å². The molecule has 4 nitrogen and oxygen atoms in total. The zero-order valence-corrected chi connectivity index (χ0v) is 11.8. The Morgan fingerprint density at radius 2 is 2.05 bits per heavy atom. The highest BCUT2D eigenvalue weighted by Gasteiger charge is 2.26. The minimum absolute atomic E-state index is 0.226. The molecule has 3 rings (SSSR count). The van der Waals surface area contributed by atoms with Crippen molar-refractivity contribution in [2.75, 3.05) is 14.2 Å². The highest BCUT2D eigenvalue weighted by Crippen LogP contribution is 2.39. The number of hydrogen-bond acceptors (Lipinski definition) is 4. The van der Waals surface area contributed by atoms with Gasteiger partial charge >= 0.3 is 0 Å². The van der Waals surface area contributed by atoms with Crippen LogP contribution in [0, 0.1) is 0 Å². The van der Waals surface area contributed by atoms with Crippen LogP contribution in [-0.4, -0.2) is 24.2 Å². The zero-order chi connectivity index (χ0) is 13.9. The SMILES string of the molecule is COc1ccnc(C2CCCc3c(OC)cccc32)n1. The molecule has 1 aliphatic rings. The number of aromatic nitrogens is 2. The lowest BCUT2D eigenvalue weighted by Crippen LogP contribution is -2.14. The van der Waals surface area contributed by atoms with Crippen LogP contribution in [0.15, 0.2) is 30.5 Å². The fourth-order valence-electron chi connectivity index (χ4n) is 2.91. The van der Waals surface area contributed by atoms with Crippen molar-refractivity contribution in [1.29, 1.82) is 0 Å². The van der Waals surface area contributed by atoms with Gasteiger partial charge in [0, 0.05) is 18.2 Å². The monoisotopic (exact) mass is 270 g/mol. The first-order valence-corrected chi connectivity index (χ1v) is 6.86. The molecule has 1 heterocycles. The molecule has 1 aromatic carbocycles. The van der Waals surface area contributed by atoms with Gasteiger partial charge in [0.25, 0.3) is 0 Å². The van der Waals surface area contributed by atoms with Gasteiger partial charge in [-0.05, 0) is 36.5 Å². The van der Waals surface area contributed by atoms with Crippen molar-refractivity contribution in [2.45, 2.75) is 25.2 Å². The minimum Gasteiger partial charge on any atom is -0.496 e. The molecule has 0 N–H and O–H groups in total. The summed E-state index contributed by atoms with van der Waals surface area (Å²) in [6, 6.07) is 7.99. The lowest BCUT2D eigenvalue weighted by Gasteiger charge is -2.25. The van der Waals surface area contributed by atoms with Crippen LogP contribution in [0.2, 0.25) is 0 Å². The first-order chi connectivity index (χ1) is 9.83. The van der Waals surface area contributed by atoms with E-state index in [0.717, 1.165) is 30.8 Å². The third kappa shape index (κ3) is 2.22. The zero-order valence-electron chi connectivity index (χ0n) is 11.8. The summed E-state index contributed by atoms with van der Waals surface area (Å²) in [6.07, 6.45) is 5.00. The number of hydrogen-bond donors (Lipinski definition) is 0. The van der Waals surface area contributed by atoms with Gasteiger partial charge in [0.05, 0.1) is 14.2 Å². The molecule has 0 aliphatic heterocycles. The Balaban J connectivity index is 2.05. The normalized spacial score (nSPS) is 17.4. The van der Waals surface area contributed by atoms with E-state index in [1.165, 1.54) is 11.1 Å². The van der Waals surface area contributed by atoms with Gasteiger partial charge in [0.15, 0.2) is 0 Å². The molecule has 0 amide bonds. The van der Waals surface area contributed by atoms with Gasteiger partial charge in [-0.1, -0.05) is 12.1 Å². The summed E-state index contributed by atoms with van der Waals surface area (Å²) in [5.74, 6) is 2.64. The van der Waals surface area contributed by atoms with Crippen molar-refractivity contribution in [3.63, 3.8) is 0 Å². The van der Waals surface area contributed by atoms with Crippen LogP contribution < -0.4 is 9.47 Å². The second-order valence-electron chi connectivity index (χ2n) is 4.93. The number of fused-ring (bicyclic) bond motifs is 1. The fourth-order valence-corrected chi connectivity index (χ4v) is 2.91. The summed E-state index contributed by atoms with van der Waals surface area (Å²) in [5, 5.41) is 0. The van der Waals surface area contributed by atoms with Crippen LogP contribution in [0.4, 0.5) is 0 Å². The van der Waals surface area contributed by atoms with Crippen LogP contribution >= 0.6 is 0 Å².